The summed E-state index contributed by atoms with van der Waals surface area (Å²) in [4.78, 5) is 23.7. The quantitative estimate of drug-likeness (QED) is 0.656. The van der Waals surface area contributed by atoms with Gasteiger partial charge in [-0.3, -0.25) is 9.59 Å². The predicted octanol–water partition coefficient (Wildman–Crippen LogP) is 2.28. The Morgan fingerprint density at radius 1 is 1.10 bits per heavy atom. The zero-order chi connectivity index (χ0) is 21.7. The van der Waals surface area contributed by atoms with Crippen molar-refractivity contribution in [3.05, 3.63) is 47.9 Å². The molecule has 30 heavy (non-hydrogen) atoms. The first-order chi connectivity index (χ1) is 14.2. The lowest BCUT2D eigenvalue weighted by Gasteiger charge is -2.26. The number of ether oxygens (including phenoxy) is 1. The molecule has 0 saturated heterocycles. The standard InChI is InChI=1S/C21H26N2O6S/c1-30(26,27)18-9-6-16(7-10-18)28-13-17-8-11-19(29-17)21(25)23-12-14-2-4-15(5-3-14)20(22)24/h6-11,14-15H,2-5,12-13H2,1H3,(H2,22,24)(H,23,25). The van der Waals surface area contributed by atoms with E-state index in [4.69, 9.17) is 14.9 Å². The van der Waals surface area contributed by atoms with Crippen molar-refractivity contribution in [2.24, 2.45) is 17.6 Å². The summed E-state index contributed by atoms with van der Waals surface area (Å²) < 4.78 is 34.1. The molecule has 0 radical (unpaired) electrons. The molecule has 9 heteroatoms. The van der Waals surface area contributed by atoms with Gasteiger partial charge in [-0.25, -0.2) is 8.42 Å². The Kier molecular flexibility index (Phi) is 6.81. The molecule has 0 unspecified atom stereocenters. The van der Waals surface area contributed by atoms with Crippen LogP contribution < -0.4 is 15.8 Å². The van der Waals surface area contributed by atoms with E-state index in [0.29, 0.717) is 24.0 Å². The highest BCUT2D eigenvalue weighted by Gasteiger charge is 2.25. The minimum atomic E-state index is -3.25. The first-order valence-corrected chi connectivity index (χ1v) is 11.7. The van der Waals surface area contributed by atoms with Gasteiger partial charge in [0.15, 0.2) is 15.6 Å². The monoisotopic (exact) mass is 434 g/mol. The van der Waals surface area contributed by atoms with Crippen LogP contribution in [0.1, 0.15) is 42.0 Å². The molecule has 3 rings (SSSR count). The maximum atomic E-state index is 12.3. The summed E-state index contributed by atoms with van der Waals surface area (Å²) in [6.45, 7) is 0.645. The first kappa shape index (κ1) is 21.9. The number of nitrogens with two attached hydrogens (primary N) is 1. The van der Waals surface area contributed by atoms with Gasteiger partial charge < -0.3 is 20.2 Å². The summed E-state index contributed by atoms with van der Waals surface area (Å²) in [5.41, 5.74) is 5.34. The van der Waals surface area contributed by atoms with E-state index in [2.05, 4.69) is 5.32 Å². The van der Waals surface area contributed by atoms with Crippen molar-refractivity contribution in [1.82, 2.24) is 5.32 Å². The Balaban J connectivity index is 1.45. The van der Waals surface area contributed by atoms with E-state index in [1.54, 1.807) is 24.3 Å². The Labute approximate surface area is 175 Å². The number of sulfone groups is 1. The van der Waals surface area contributed by atoms with Crippen LogP contribution in [0, 0.1) is 11.8 Å². The van der Waals surface area contributed by atoms with Crippen LogP contribution >= 0.6 is 0 Å². The molecule has 2 aromatic rings. The molecule has 1 aromatic carbocycles. The zero-order valence-electron chi connectivity index (χ0n) is 16.8. The number of carbonyl (C=O) groups is 2. The van der Waals surface area contributed by atoms with Crippen molar-refractivity contribution < 1.29 is 27.2 Å². The van der Waals surface area contributed by atoms with Crippen molar-refractivity contribution in [2.45, 2.75) is 37.2 Å². The van der Waals surface area contributed by atoms with E-state index in [0.717, 1.165) is 31.9 Å². The lowest BCUT2D eigenvalue weighted by atomic mass is 9.81. The van der Waals surface area contributed by atoms with Gasteiger partial charge in [0.25, 0.3) is 5.91 Å². The smallest absolute Gasteiger partial charge is 0.287 e. The van der Waals surface area contributed by atoms with Crippen LogP contribution in [0.3, 0.4) is 0 Å². The zero-order valence-corrected chi connectivity index (χ0v) is 17.6. The SMILES string of the molecule is CS(=O)(=O)c1ccc(OCc2ccc(C(=O)NCC3CCC(C(N)=O)CC3)o2)cc1. The van der Waals surface area contributed by atoms with Crippen molar-refractivity contribution in [1.29, 1.82) is 0 Å². The topological polar surface area (TPSA) is 129 Å². The van der Waals surface area contributed by atoms with Gasteiger partial charge in [-0.15, -0.1) is 0 Å². The van der Waals surface area contributed by atoms with Gasteiger partial charge in [-0.1, -0.05) is 0 Å². The average molecular weight is 435 g/mol. The second-order valence-corrected chi connectivity index (χ2v) is 9.64. The van der Waals surface area contributed by atoms with E-state index in [1.807, 2.05) is 0 Å². The van der Waals surface area contributed by atoms with Crippen LogP contribution in [0.2, 0.25) is 0 Å². The predicted molar refractivity (Wildman–Crippen MR) is 110 cm³/mol. The maximum absolute atomic E-state index is 12.3. The van der Waals surface area contributed by atoms with Crippen molar-refractivity contribution in [3.8, 4) is 5.75 Å². The van der Waals surface area contributed by atoms with Crippen LogP contribution in [-0.2, 0) is 21.2 Å². The number of nitrogens with one attached hydrogen (secondary N) is 1. The molecule has 0 atom stereocenters. The lowest BCUT2D eigenvalue weighted by Crippen LogP contribution is -2.33. The number of hydrogen-bond acceptors (Lipinski definition) is 6. The summed E-state index contributed by atoms with van der Waals surface area (Å²) in [5, 5.41) is 2.87. The van der Waals surface area contributed by atoms with E-state index >= 15 is 0 Å². The molecular formula is C21H26N2O6S. The number of furan rings is 1. The van der Waals surface area contributed by atoms with Gasteiger partial charge in [0, 0.05) is 18.7 Å². The summed E-state index contributed by atoms with van der Waals surface area (Å²) in [5.74, 6) is 0.923. The number of carbonyl (C=O) groups excluding carboxylic acids is 2. The summed E-state index contributed by atoms with van der Waals surface area (Å²) in [6, 6.07) is 9.34. The molecule has 8 nitrogen and oxygen atoms in total. The van der Waals surface area contributed by atoms with E-state index < -0.39 is 9.84 Å². The average Bonchev–Trinajstić information content (AvgIpc) is 3.19. The van der Waals surface area contributed by atoms with E-state index in [-0.39, 0.29) is 35.0 Å². The fourth-order valence-electron chi connectivity index (χ4n) is 3.49. The van der Waals surface area contributed by atoms with Crippen LogP contribution in [0.4, 0.5) is 0 Å². The van der Waals surface area contributed by atoms with Gasteiger partial charge in [0.05, 0.1) is 4.90 Å². The summed E-state index contributed by atoms with van der Waals surface area (Å²) in [7, 11) is -3.25. The largest absolute Gasteiger partial charge is 0.486 e. The third kappa shape index (κ3) is 5.85. The molecule has 3 N–H and O–H groups in total. The number of rotatable bonds is 8. The van der Waals surface area contributed by atoms with Gasteiger partial charge >= 0.3 is 0 Å². The van der Waals surface area contributed by atoms with Gasteiger partial charge in [0.1, 0.15) is 18.1 Å². The second kappa shape index (κ2) is 9.34. The molecule has 1 aliphatic rings. The molecule has 162 valence electrons. The minimum absolute atomic E-state index is 0.0489. The molecular weight excluding hydrogens is 408 g/mol. The highest BCUT2D eigenvalue weighted by Crippen LogP contribution is 2.28. The van der Waals surface area contributed by atoms with E-state index in [9.17, 15) is 18.0 Å². The van der Waals surface area contributed by atoms with Crippen molar-refractivity contribution >= 4 is 21.7 Å². The fourth-order valence-corrected chi connectivity index (χ4v) is 4.12. The third-order valence-corrected chi connectivity index (χ3v) is 6.45. The van der Waals surface area contributed by atoms with Crippen molar-refractivity contribution in [3.63, 3.8) is 0 Å². The second-order valence-electron chi connectivity index (χ2n) is 7.63. The third-order valence-electron chi connectivity index (χ3n) is 5.32. The van der Waals surface area contributed by atoms with Gasteiger partial charge in [0.2, 0.25) is 5.91 Å². The minimum Gasteiger partial charge on any atom is -0.486 e. The first-order valence-electron chi connectivity index (χ1n) is 9.81. The highest BCUT2D eigenvalue weighted by atomic mass is 32.2. The lowest BCUT2D eigenvalue weighted by molar-refractivity contribution is -0.122. The Morgan fingerprint density at radius 2 is 1.77 bits per heavy atom. The van der Waals surface area contributed by atoms with Gasteiger partial charge in [-0.2, -0.15) is 0 Å². The summed E-state index contributed by atoms with van der Waals surface area (Å²) >= 11 is 0. The highest BCUT2D eigenvalue weighted by molar-refractivity contribution is 7.90. The molecule has 0 aliphatic heterocycles. The van der Waals surface area contributed by atoms with Crippen LogP contribution in [0.25, 0.3) is 0 Å². The Morgan fingerprint density at radius 3 is 2.37 bits per heavy atom. The molecule has 1 aromatic heterocycles. The molecule has 2 amide bonds. The molecule has 1 aliphatic carbocycles. The molecule has 0 bridgehead atoms. The number of primary amides is 1. The Bertz CT molecular complexity index is 989. The molecule has 1 fully saturated rings. The number of benzene rings is 1. The normalized spacial score (nSPS) is 19.2. The maximum Gasteiger partial charge on any atom is 0.287 e. The molecule has 1 heterocycles. The van der Waals surface area contributed by atoms with Crippen LogP contribution in [0.5, 0.6) is 5.75 Å². The van der Waals surface area contributed by atoms with Crippen LogP contribution in [-0.4, -0.2) is 33.0 Å². The van der Waals surface area contributed by atoms with Gasteiger partial charge in [-0.05, 0) is 68.0 Å². The van der Waals surface area contributed by atoms with Crippen molar-refractivity contribution in [2.75, 3.05) is 12.8 Å². The fraction of sp³-hybridized carbons (Fsp3) is 0.429. The molecule has 1 saturated carbocycles. The Hall–Kier alpha value is -2.81. The molecule has 0 spiro atoms. The number of amides is 2. The van der Waals surface area contributed by atoms with Crippen LogP contribution in [0.15, 0.2) is 45.7 Å². The summed E-state index contributed by atoms with van der Waals surface area (Å²) in [6.07, 6.45) is 4.41. The van der Waals surface area contributed by atoms with E-state index in [1.165, 1.54) is 12.1 Å². The number of hydrogen-bond donors (Lipinski definition) is 2.